The first kappa shape index (κ1) is 5.81. The molecule has 0 aliphatic heterocycles. The molecule has 1 nitrogen and oxygen atoms in total. The van der Waals surface area contributed by atoms with E-state index in [4.69, 9.17) is 5.79 Å². The van der Waals surface area contributed by atoms with E-state index in [2.05, 4.69) is 0 Å². The van der Waals surface area contributed by atoms with Crippen molar-refractivity contribution in [3.8, 4) is 0 Å². The Kier molecular flexibility index (Phi) is 1.06. The minimum atomic E-state index is 0.443. The van der Waals surface area contributed by atoms with Crippen LogP contribution in [0.2, 0.25) is 0 Å². The Labute approximate surface area is 77.0 Å². The zero-order chi connectivity index (χ0) is 9.54. The highest BCUT2D eigenvalue weighted by atomic mass is 16.3. The topological polar surface area (TPSA) is 13.1 Å². The van der Waals surface area contributed by atoms with Crippen molar-refractivity contribution in [1.82, 2.24) is 0 Å². The lowest BCUT2D eigenvalue weighted by Gasteiger charge is -1.85. The van der Waals surface area contributed by atoms with Gasteiger partial charge >= 0.3 is 0 Å². The maximum Gasteiger partial charge on any atom is 0.135 e. The van der Waals surface area contributed by atoms with E-state index in [1.165, 1.54) is 0 Å². The van der Waals surface area contributed by atoms with E-state index < -0.39 is 0 Å². The van der Waals surface area contributed by atoms with Crippen LogP contribution in [-0.2, 0) is 0 Å². The summed E-state index contributed by atoms with van der Waals surface area (Å²) in [6, 6.07) is 13.9. The Morgan fingerprint density at radius 2 is 1.54 bits per heavy atom. The van der Waals surface area contributed by atoms with E-state index in [1.807, 2.05) is 36.4 Å². The number of rotatable bonds is 0. The van der Waals surface area contributed by atoms with Crippen molar-refractivity contribution < 1.29 is 5.79 Å². The van der Waals surface area contributed by atoms with Gasteiger partial charge in [-0.2, -0.15) is 0 Å². The van der Waals surface area contributed by atoms with Crippen LogP contribution in [-0.4, -0.2) is 0 Å². The molecule has 1 aromatic heterocycles. The van der Waals surface area contributed by atoms with Gasteiger partial charge in [-0.05, 0) is 12.1 Å². The van der Waals surface area contributed by atoms with E-state index in [0.717, 1.165) is 16.4 Å². The Hall–Kier alpha value is -1.76. The third kappa shape index (κ3) is 0.872. The molecule has 2 aromatic carbocycles. The highest BCUT2D eigenvalue weighted by molar-refractivity contribution is 6.04. The zero-order valence-corrected chi connectivity index (χ0v) is 6.95. The molecule has 3 aromatic rings. The van der Waals surface area contributed by atoms with Crippen LogP contribution in [0, 0.1) is 0 Å². The van der Waals surface area contributed by atoms with Crippen LogP contribution >= 0.6 is 0 Å². The van der Waals surface area contributed by atoms with Gasteiger partial charge in [0.25, 0.3) is 0 Å². The van der Waals surface area contributed by atoms with Crippen molar-refractivity contribution in [3.63, 3.8) is 0 Å². The van der Waals surface area contributed by atoms with Crippen LogP contribution in [0.3, 0.4) is 0 Å². The second kappa shape index (κ2) is 2.36. The lowest BCUT2D eigenvalue weighted by atomic mass is 10.2. The number of hydrogen-bond donors (Lipinski definition) is 0. The Bertz CT molecular complexity index is 610. The van der Waals surface area contributed by atoms with E-state index in [9.17, 15) is 0 Å². The molecule has 0 unspecified atom stereocenters. The molecule has 0 spiro atoms. The highest BCUT2D eigenvalue weighted by Gasteiger charge is 2.02. The lowest BCUT2D eigenvalue weighted by molar-refractivity contribution is 0.669. The summed E-state index contributed by atoms with van der Waals surface area (Å²) in [5.41, 5.74) is 1.52. The highest BCUT2D eigenvalue weighted by Crippen LogP contribution is 2.27. The second-order valence-electron chi connectivity index (χ2n) is 3.01. The van der Waals surface area contributed by atoms with E-state index in [0.29, 0.717) is 11.6 Å². The Balaban J connectivity index is 2.63. The molecule has 0 aliphatic carbocycles. The molecule has 3 rings (SSSR count). The third-order valence-electron chi connectivity index (χ3n) is 2.21. The number of furan rings is 1. The van der Waals surface area contributed by atoms with Crippen molar-refractivity contribution in [2.75, 3.05) is 0 Å². The van der Waals surface area contributed by atoms with Crippen molar-refractivity contribution >= 4 is 21.9 Å². The van der Waals surface area contributed by atoms with Crippen LogP contribution in [0.1, 0.15) is 1.37 Å². The van der Waals surface area contributed by atoms with Gasteiger partial charge in [0.05, 0.1) is 1.37 Å². The molecule has 1 heterocycles. The smallest absolute Gasteiger partial charge is 0.135 e. The standard InChI is InChI=1S/C12H8O/c1-3-7-11-9(5-1)10-6-2-4-8-12(10)13-11/h1-8H/i7D. The molecule has 1 heteroatoms. The second-order valence-corrected chi connectivity index (χ2v) is 3.01. The van der Waals surface area contributed by atoms with Gasteiger partial charge in [-0.15, -0.1) is 0 Å². The van der Waals surface area contributed by atoms with Gasteiger partial charge in [-0.1, -0.05) is 36.4 Å². The molecule has 0 N–H and O–H groups in total. The molecule has 62 valence electrons. The molecule has 0 atom stereocenters. The summed E-state index contributed by atoms with van der Waals surface area (Å²) < 4.78 is 13.3. The quantitative estimate of drug-likeness (QED) is 0.501. The maximum atomic E-state index is 7.70. The number of hydrogen-bond acceptors (Lipinski definition) is 1. The summed E-state index contributed by atoms with van der Waals surface area (Å²) >= 11 is 0. The van der Waals surface area contributed by atoms with Gasteiger partial charge in [0, 0.05) is 10.8 Å². The van der Waals surface area contributed by atoms with Crippen LogP contribution in [0.5, 0.6) is 0 Å². The number of benzene rings is 2. The molecule has 0 radical (unpaired) electrons. The van der Waals surface area contributed by atoms with Crippen LogP contribution in [0.25, 0.3) is 21.9 Å². The largest absolute Gasteiger partial charge is 0.456 e. The van der Waals surface area contributed by atoms with Crippen molar-refractivity contribution in [2.24, 2.45) is 0 Å². The molecule has 0 bridgehead atoms. The van der Waals surface area contributed by atoms with Gasteiger partial charge in [-0.25, -0.2) is 0 Å². The monoisotopic (exact) mass is 169 g/mol. The van der Waals surface area contributed by atoms with E-state index in [-0.39, 0.29) is 0 Å². The van der Waals surface area contributed by atoms with Gasteiger partial charge < -0.3 is 4.42 Å². The molecular formula is C12H8O. The summed E-state index contributed by atoms with van der Waals surface area (Å²) in [5.74, 6) is 0. The first-order valence-electron chi connectivity index (χ1n) is 4.73. The number of para-hydroxylation sites is 2. The molecule has 0 saturated carbocycles. The van der Waals surface area contributed by atoms with Gasteiger partial charge in [0.1, 0.15) is 11.2 Å². The Morgan fingerprint density at radius 3 is 2.46 bits per heavy atom. The molecule has 0 aliphatic rings. The lowest BCUT2D eigenvalue weighted by Crippen LogP contribution is -1.62. The minimum absolute atomic E-state index is 0.443. The number of fused-ring (bicyclic) bond motifs is 3. The fourth-order valence-electron chi connectivity index (χ4n) is 1.61. The Morgan fingerprint density at radius 1 is 0.846 bits per heavy atom. The third-order valence-corrected chi connectivity index (χ3v) is 2.21. The van der Waals surface area contributed by atoms with Gasteiger partial charge in [0.2, 0.25) is 0 Å². The van der Waals surface area contributed by atoms with E-state index >= 15 is 0 Å². The fourth-order valence-corrected chi connectivity index (χ4v) is 1.61. The summed E-state index contributed by atoms with van der Waals surface area (Å²) in [7, 11) is 0. The fraction of sp³-hybridized carbons (Fsp3) is 0. The van der Waals surface area contributed by atoms with Crippen LogP contribution < -0.4 is 0 Å². The molecule has 0 saturated heterocycles. The summed E-state index contributed by atoms with van der Waals surface area (Å²) in [6.45, 7) is 0. The minimum Gasteiger partial charge on any atom is -0.456 e. The van der Waals surface area contributed by atoms with Crippen LogP contribution in [0.15, 0.2) is 52.9 Å². The SMILES string of the molecule is [2H]c1cccc2c1oc1ccccc12. The van der Waals surface area contributed by atoms with Crippen molar-refractivity contribution in [1.29, 1.82) is 0 Å². The average molecular weight is 169 g/mol. The predicted molar refractivity (Wildman–Crippen MR) is 53.7 cm³/mol. The first-order chi connectivity index (χ1) is 6.86. The summed E-state index contributed by atoms with van der Waals surface area (Å²) in [6.07, 6.45) is 0. The maximum absolute atomic E-state index is 7.70. The van der Waals surface area contributed by atoms with Crippen LogP contribution in [0.4, 0.5) is 0 Å². The van der Waals surface area contributed by atoms with Crippen molar-refractivity contribution in [2.45, 2.75) is 0 Å². The molecule has 0 fully saturated rings. The average Bonchev–Trinajstić information content (AvgIpc) is 2.59. The predicted octanol–water partition coefficient (Wildman–Crippen LogP) is 3.59. The summed E-state index contributed by atoms with van der Waals surface area (Å²) in [4.78, 5) is 0. The first-order valence-corrected chi connectivity index (χ1v) is 4.23. The van der Waals surface area contributed by atoms with Gasteiger partial charge in [-0.3, -0.25) is 0 Å². The molecule has 0 amide bonds. The zero-order valence-electron chi connectivity index (χ0n) is 7.95. The molecule has 13 heavy (non-hydrogen) atoms. The van der Waals surface area contributed by atoms with Crippen molar-refractivity contribution in [3.05, 3.63) is 48.5 Å². The molecular weight excluding hydrogens is 160 g/mol. The normalized spacial score (nSPS) is 12.2. The van der Waals surface area contributed by atoms with E-state index in [1.54, 1.807) is 6.07 Å². The van der Waals surface area contributed by atoms with Gasteiger partial charge in [0.15, 0.2) is 0 Å². The summed E-state index contributed by atoms with van der Waals surface area (Å²) in [5, 5.41) is 2.10.